The zero-order chi connectivity index (χ0) is 14.2. The lowest BCUT2D eigenvalue weighted by Crippen LogP contribution is -2.01. The largest absolute Gasteiger partial charge is 0.497 e. The number of hydrogen-bond acceptors (Lipinski definition) is 3. The van der Waals surface area contributed by atoms with Crippen molar-refractivity contribution >= 4 is 11.1 Å². The van der Waals surface area contributed by atoms with Crippen molar-refractivity contribution in [3.8, 4) is 5.75 Å². The zero-order valence-corrected chi connectivity index (χ0v) is 12.3. The average Bonchev–Trinajstić information content (AvgIpc) is 2.52. The van der Waals surface area contributed by atoms with Crippen LogP contribution in [0.2, 0.25) is 0 Å². The summed E-state index contributed by atoms with van der Waals surface area (Å²) in [4.78, 5) is 0.629. The summed E-state index contributed by atoms with van der Waals surface area (Å²) in [6.45, 7) is 0.471. The van der Waals surface area contributed by atoms with Crippen LogP contribution in [0.3, 0.4) is 0 Å². The molecule has 0 saturated heterocycles. The molecule has 2 rings (SSSR count). The Morgan fingerprint density at radius 2 is 1.85 bits per heavy atom. The molecular weight excluding hydrogens is 272 g/mol. The number of benzene rings is 2. The highest BCUT2D eigenvalue weighted by molar-refractivity contribution is 7.80. The van der Waals surface area contributed by atoms with E-state index in [2.05, 4.69) is 12.1 Å². The van der Waals surface area contributed by atoms with Crippen LogP contribution in [0.5, 0.6) is 5.75 Å². The van der Waals surface area contributed by atoms with E-state index < -0.39 is 11.1 Å². The molecule has 106 valence electrons. The highest BCUT2D eigenvalue weighted by Crippen LogP contribution is 2.16. The van der Waals surface area contributed by atoms with Gasteiger partial charge in [0, 0.05) is 0 Å². The molecule has 0 aliphatic rings. The molecule has 0 fully saturated rings. The minimum Gasteiger partial charge on any atom is -0.497 e. The van der Waals surface area contributed by atoms with Crippen LogP contribution in [-0.4, -0.2) is 17.9 Å². The number of methoxy groups -OCH3 is 1. The molecule has 0 radical (unpaired) electrons. The average molecular weight is 290 g/mol. The third-order valence-electron chi connectivity index (χ3n) is 2.88. The van der Waals surface area contributed by atoms with Gasteiger partial charge in [-0.3, -0.25) is 4.18 Å². The molecule has 0 spiro atoms. The molecule has 0 aliphatic carbocycles. The standard InChI is InChI=1S/C16H18O3S/c1-18-15-10-5-11-16(13-15)20(17)19-12-6-9-14-7-3-2-4-8-14/h2-5,7-8,10-11,13H,6,9,12H2,1H3. The molecule has 20 heavy (non-hydrogen) atoms. The van der Waals surface area contributed by atoms with Crippen LogP contribution in [-0.2, 0) is 21.7 Å². The van der Waals surface area contributed by atoms with E-state index in [1.54, 1.807) is 25.3 Å². The third kappa shape index (κ3) is 4.47. The summed E-state index contributed by atoms with van der Waals surface area (Å²) in [5.74, 6) is 0.684. The topological polar surface area (TPSA) is 35.5 Å². The molecule has 1 atom stereocenters. The summed E-state index contributed by atoms with van der Waals surface area (Å²) in [7, 11) is 1.59. The second-order valence-electron chi connectivity index (χ2n) is 4.32. The van der Waals surface area contributed by atoms with Crippen LogP contribution in [0, 0.1) is 0 Å². The number of rotatable bonds is 7. The van der Waals surface area contributed by atoms with Gasteiger partial charge in [-0.25, -0.2) is 4.21 Å². The lowest BCUT2D eigenvalue weighted by molar-refractivity contribution is 0.339. The van der Waals surface area contributed by atoms with E-state index in [4.69, 9.17) is 8.92 Å². The highest BCUT2D eigenvalue weighted by atomic mass is 32.2. The molecule has 0 aliphatic heterocycles. The molecule has 0 amide bonds. The Kier molecular flexibility index (Phi) is 5.77. The maximum Gasteiger partial charge on any atom is 0.189 e. The van der Waals surface area contributed by atoms with Crippen LogP contribution in [0.15, 0.2) is 59.5 Å². The van der Waals surface area contributed by atoms with Crippen molar-refractivity contribution in [2.45, 2.75) is 17.7 Å². The Hall–Kier alpha value is -1.65. The van der Waals surface area contributed by atoms with Crippen molar-refractivity contribution in [1.82, 2.24) is 0 Å². The Morgan fingerprint density at radius 1 is 1.05 bits per heavy atom. The first-order valence-corrected chi connectivity index (χ1v) is 7.60. The van der Waals surface area contributed by atoms with E-state index in [1.807, 2.05) is 24.3 Å². The summed E-state index contributed by atoms with van der Waals surface area (Å²) < 4.78 is 22.4. The van der Waals surface area contributed by atoms with E-state index in [0.717, 1.165) is 12.8 Å². The molecule has 0 N–H and O–H groups in total. The van der Waals surface area contributed by atoms with Gasteiger partial charge in [0.1, 0.15) is 5.75 Å². The van der Waals surface area contributed by atoms with Crippen LogP contribution in [0.25, 0.3) is 0 Å². The molecule has 3 nitrogen and oxygen atoms in total. The zero-order valence-electron chi connectivity index (χ0n) is 11.5. The summed E-state index contributed by atoms with van der Waals surface area (Å²) in [6.07, 6.45) is 1.77. The molecule has 2 aromatic carbocycles. The van der Waals surface area contributed by atoms with Crippen LogP contribution >= 0.6 is 0 Å². The van der Waals surface area contributed by atoms with Gasteiger partial charge in [0.25, 0.3) is 0 Å². The smallest absolute Gasteiger partial charge is 0.189 e. The van der Waals surface area contributed by atoms with Crippen molar-refractivity contribution < 1.29 is 13.1 Å². The molecular formula is C16H18O3S. The van der Waals surface area contributed by atoms with Gasteiger partial charge in [0.05, 0.1) is 18.6 Å². The van der Waals surface area contributed by atoms with E-state index in [9.17, 15) is 4.21 Å². The fourth-order valence-electron chi connectivity index (χ4n) is 1.83. The van der Waals surface area contributed by atoms with Crippen molar-refractivity contribution in [2.24, 2.45) is 0 Å². The van der Waals surface area contributed by atoms with Crippen molar-refractivity contribution in [1.29, 1.82) is 0 Å². The van der Waals surface area contributed by atoms with Gasteiger partial charge in [0.15, 0.2) is 11.1 Å². The summed E-state index contributed by atoms with van der Waals surface area (Å²) in [5, 5.41) is 0. The van der Waals surface area contributed by atoms with Gasteiger partial charge >= 0.3 is 0 Å². The molecule has 0 bridgehead atoms. The second-order valence-corrected chi connectivity index (χ2v) is 5.50. The first-order valence-electron chi connectivity index (χ1n) is 6.52. The summed E-state index contributed by atoms with van der Waals surface area (Å²) >= 11 is -1.43. The quantitative estimate of drug-likeness (QED) is 0.733. The Morgan fingerprint density at radius 3 is 2.60 bits per heavy atom. The van der Waals surface area contributed by atoms with Crippen LogP contribution < -0.4 is 4.74 Å². The molecule has 0 heterocycles. The van der Waals surface area contributed by atoms with Gasteiger partial charge in [-0.2, -0.15) is 0 Å². The van der Waals surface area contributed by atoms with E-state index in [1.165, 1.54) is 5.56 Å². The predicted molar refractivity (Wildman–Crippen MR) is 80.1 cm³/mol. The molecule has 0 aromatic heterocycles. The number of aryl methyl sites for hydroxylation is 1. The Bertz CT molecular complexity index is 555. The third-order valence-corrected chi connectivity index (χ3v) is 3.90. The first kappa shape index (κ1) is 14.8. The highest BCUT2D eigenvalue weighted by Gasteiger charge is 2.05. The Balaban J connectivity index is 1.77. The SMILES string of the molecule is COc1cccc(S(=O)OCCCc2ccccc2)c1. The van der Waals surface area contributed by atoms with E-state index in [0.29, 0.717) is 17.3 Å². The fraction of sp³-hybridized carbons (Fsp3) is 0.250. The number of ether oxygens (including phenoxy) is 1. The maximum atomic E-state index is 12.0. The van der Waals surface area contributed by atoms with Gasteiger partial charge in [-0.05, 0) is 36.6 Å². The van der Waals surface area contributed by atoms with Crippen molar-refractivity contribution in [2.75, 3.05) is 13.7 Å². The van der Waals surface area contributed by atoms with Crippen LogP contribution in [0.1, 0.15) is 12.0 Å². The lowest BCUT2D eigenvalue weighted by Gasteiger charge is -2.05. The normalized spacial score (nSPS) is 12.1. The van der Waals surface area contributed by atoms with Gasteiger partial charge < -0.3 is 4.74 Å². The first-order chi connectivity index (χ1) is 9.79. The number of hydrogen-bond donors (Lipinski definition) is 0. The molecule has 0 saturated carbocycles. The summed E-state index contributed by atoms with van der Waals surface area (Å²) in [5.41, 5.74) is 1.27. The minimum atomic E-state index is -1.43. The molecule has 1 unspecified atom stereocenters. The second kappa shape index (κ2) is 7.82. The van der Waals surface area contributed by atoms with E-state index >= 15 is 0 Å². The van der Waals surface area contributed by atoms with E-state index in [-0.39, 0.29) is 0 Å². The van der Waals surface area contributed by atoms with Crippen molar-refractivity contribution in [3.63, 3.8) is 0 Å². The fourth-order valence-corrected chi connectivity index (χ4v) is 2.64. The van der Waals surface area contributed by atoms with Crippen molar-refractivity contribution in [3.05, 3.63) is 60.2 Å². The van der Waals surface area contributed by atoms with Gasteiger partial charge in [0.2, 0.25) is 0 Å². The lowest BCUT2D eigenvalue weighted by atomic mass is 10.1. The minimum absolute atomic E-state index is 0.471. The molecule has 2 aromatic rings. The Labute approximate surface area is 122 Å². The van der Waals surface area contributed by atoms with Gasteiger partial charge in [-0.15, -0.1) is 0 Å². The molecule has 4 heteroatoms. The van der Waals surface area contributed by atoms with Crippen LogP contribution in [0.4, 0.5) is 0 Å². The maximum absolute atomic E-state index is 12.0. The van der Waals surface area contributed by atoms with Gasteiger partial charge in [-0.1, -0.05) is 36.4 Å². The monoisotopic (exact) mass is 290 g/mol. The summed E-state index contributed by atoms with van der Waals surface area (Å²) in [6, 6.07) is 17.3. The predicted octanol–water partition coefficient (Wildman–Crippen LogP) is 3.37.